The average molecular weight is 373 g/mol. The molecule has 0 atom stereocenters. The minimum absolute atomic E-state index is 0.0693. The van der Waals surface area contributed by atoms with Crippen molar-refractivity contribution in [3.05, 3.63) is 67.8 Å². The topological polar surface area (TPSA) is 77.5 Å². The molecular weight excluding hydrogens is 358 g/mol. The summed E-state index contributed by atoms with van der Waals surface area (Å²) in [5, 5.41) is 10.7. The second kappa shape index (κ2) is 6.73. The largest absolute Gasteiger partial charge is 0.324 e. The third kappa shape index (κ3) is 3.31. The van der Waals surface area contributed by atoms with Crippen LogP contribution >= 0.6 is 22.7 Å². The maximum atomic E-state index is 12.4. The molecular formula is C17H15N3O3S2. The molecule has 0 aliphatic carbocycles. The van der Waals surface area contributed by atoms with Gasteiger partial charge in [-0.25, -0.2) is 0 Å². The third-order valence-corrected chi connectivity index (χ3v) is 5.86. The number of nitrogens with zero attached hydrogens (tertiary/aromatic N) is 3. The number of hydrogen-bond donors (Lipinski definition) is 0. The molecule has 0 aliphatic rings. The average Bonchev–Trinajstić information content (AvgIpc) is 3.16. The van der Waals surface area contributed by atoms with E-state index in [1.54, 1.807) is 6.08 Å². The first-order valence-electron chi connectivity index (χ1n) is 7.45. The van der Waals surface area contributed by atoms with Crippen molar-refractivity contribution in [3.63, 3.8) is 0 Å². The predicted octanol–water partition coefficient (Wildman–Crippen LogP) is 4.22. The van der Waals surface area contributed by atoms with Crippen LogP contribution in [-0.4, -0.2) is 15.4 Å². The Hall–Kier alpha value is -2.58. The molecule has 0 aliphatic heterocycles. The Balaban J connectivity index is 2.13. The molecule has 0 unspecified atom stereocenters. The summed E-state index contributed by atoms with van der Waals surface area (Å²) in [6, 6.07) is 6.91. The first-order chi connectivity index (χ1) is 11.9. The molecule has 0 saturated heterocycles. The zero-order chi connectivity index (χ0) is 18.1. The number of hydrogen-bond acceptors (Lipinski definition) is 5. The van der Waals surface area contributed by atoms with Crippen molar-refractivity contribution < 1.29 is 9.72 Å². The van der Waals surface area contributed by atoms with E-state index < -0.39 is 10.8 Å². The molecule has 0 radical (unpaired) electrons. The van der Waals surface area contributed by atoms with Crippen LogP contribution in [-0.2, 0) is 6.54 Å². The fourth-order valence-electron chi connectivity index (χ4n) is 2.40. The number of aromatic nitrogens is 1. The standard InChI is InChI=1S/C17H15N3O3S2/c1-4-7-19-12-8-10(2)11(3)9-14(12)25-17(19)18-16(21)13-5-6-15(24-13)20(22)23/h4-6,8-9H,1,7H2,2-3H3. The van der Waals surface area contributed by atoms with Crippen LogP contribution < -0.4 is 4.80 Å². The van der Waals surface area contributed by atoms with E-state index in [-0.39, 0.29) is 9.88 Å². The summed E-state index contributed by atoms with van der Waals surface area (Å²) in [6.07, 6.45) is 1.75. The van der Waals surface area contributed by atoms with Crippen LogP contribution in [0.1, 0.15) is 20.8 Å². The van der Waals surface area contributed by atoms with Crippen LogP contribution in [0.15, 0.2) is 41.9 Å². The normalized spacial score (nSPS) is 11.8. The highest BCUT2D eigenvalue weighted by atomic mass is 32.1. The fraction of sp³-hybridized carbons (Fsp3) is 0.176. The molecule has 0 saturated carbocycles. The molecule has 0 bridgehead atoms. The van der Waals surface area contributed by atoms with E-state index in [2.05, 4.69) is 23.7 Å². The van der Waals surface area contributed by atoms with Crippen LogP contribution in [0.2, 0.25) is 0 Å². The zero-order valence-electron chi connectivity index (χ0n) is 13.7. The number of allylic oxidation sites excluding steroid dienone is 1. The Labute approximate surface area is 151 Å². The van der Waals surface area contributed by atoms with Gasteiger partial charge in [0.15, 0.2) is 4.80 Å². The molecule has 6 nitrogen and oxygen atoms in total. The lowest BCUT2D eigenvalue weighted by molar-refractivity contribution is -0.380. The number of benzene rings is 1. The minimum Gasteiger partial charge on any atom is -0.312 e. The minimum atomic E-state index is -0.510. The summed E-state index contributed by atoms with van der Waals surface area (Å²) in [4.78, 5) is 27.7. The molecule has 1 amide bonds. The first-order valence-corrected chi connectivity index (χ1v) is 9.08. The Morgan fingerprint density at radius 3 is 2.68 bits per heavy atom. The molecule has 128 valence electrons. The van der Waals surface area contributed by atoms with E-state index in [4.69, 9.17) is 0 Å². The van der Waals surface area contributed by atoms with Crippen molar-refractivity contribution in [2.45, 2.75) is 20.4 Å². The van der Waals surface area contributed by atoms with E-state index in [1.807, 2.05) is 18.4 Å². The summed E-state index contributed by atoms with van der Waals surface area (Å²) in [5.74, 6) is -0.476. The molecule has 2 heterocycles. The molecule has 25 heavy (non-hydrogen) atoms. The Morgan fingerprint density at radius 2 is 2.04 bits per heavy atom. The van der Waals surface area contributed by atoms with Gasteiger partial charge in [-0.05, 0) is 43.2 Å². The van der Waals surface area contributed by atoms with Gasteiger partial charge < -0.3 is 4.57 Å². The molecule has 0 spiro atoms. The summed E-state index contributed by atoms with van der Waals surface area (Å²) < 4.78 is 2.97. The number of thiazole rings is 1. The Morgan fingerprint density at radius 1 is 1.32 bits per heavy atom. The highest BCUT2D eigenvalue weighted by Crippen LogP contribution is 2.25. The Kier molecular flexibility index (Phi) is 4.65. The van der Waals surface area contributed by atoms with Crippen LogP contribution in [0.4, 0.5) is 5.00 Å². The van der Waals surface area contributed by atoms with Crippen molar-refractivity contribution in [1.29, 1.82) is 0 Å². The van der Waals surface area contributed by atoms with Crippen LogP contribution in [0, 0.1) is 24.0 Å². The number of fused-ring (bicyclic) bond motifs is 1. The summed E-state index contributed by atoms with van der Waals surface area (Å²) >= 11 is 2.25. The van der Waals surface area contributed by atoms with Gasteiger partial charge in [-0.3, -0.25) is 14.9 Å². The lowest BCUT2D eigenvalue weighted by Crippen LogP contribution is -2.16. The van der Waals surface area contributed by atoms with Gasteiger partial charge in [0.1, 0.15) is 4.88 Å². The molecule has 3 aromatic rings. The number of amides is 1. The van der Waals surface area contributed by atoms with Crippen molar-refractivity contribution >= 4 is 43.8 Å². The number of nitro groups is 1. The van der Waals surface area contributed by atoms with E-state index in [0.29, 0.717) is 11.3 Å². The van der Waals surface area contributed by atoms with Crippen LogP contribution in [0.3, 0.4) is 0 Å². The highest BCUT2D eigenvalue weighted by Gasteiger charge is 2.15. The number of thiophene rings is 1. The second-order valence-electron chi connectivity index (χ2n) is 5.50. The van der Waals surface area contributed by atoms with Gasteiger partial charge in [0.25, 0.3) is 5.91 Å². The molecule has 3 rings (SSSR count). The first kappa shape index (κ1) is 17.2. The predicted molar refractivity (Wildman–Crippen MR) is 100 cm³/mol. The number of aryl methyl sites for hydroxylation is 2. The molecule has 1 aromatic carbocycles. The van der Waals surface area contributed by atoms with E-state index >= 15 is 0 Å². The zero-order valence-corrected chi connectivity index (χ0v) is 15.3. The molecule has 8 heteroatoms. The van der Waals surface area contributed by atoms with Crippen molar-refractivity contribution in [2.24, 2.45) is 4.99 Å². The second-order valence-corrected chi connectivity index (χ2v) is 7.57. The summed E-state index contributed by atoms with van der Waals surface area (Å²) in [5.41, 5.74) is 3.33. The number of rotatable bonds is 4. The molecule has 2 aromatic heterocycles. The fourth-order valence-corrected chi connectivity index (χ4v) is 4.22. The smallest absolute Gasteiger partial charge is 0.312 e. The van der Waals surface area contributed by atoms with Gasteiger partial charge >= 0.3 is 5.00 Å². The maximum Gasteiger partial charge on any atom is 0.324 e. The maximum absolute atomic E-state index is 12.4. The highest BCUT2D eigenvalue weighted by molar-refractivity contribution is 7.17. The van der Waals surface area contributed by atoms with Gasteiger partial charge in [-0.2, -0.15) is 4.99 Å². The van der Waals surface area contributed by atoms with Crippen molar-refractivity contribution in [2.75, 3.05) is 0 Å². The van der Waals surface area contributed by atoms with Crippen molar-refractivity contribution in [3.8, 4) is 0 Å². The summed E-state index contributed by atoms with van der Waals surface area (Å²) in [7, 11) is 0. The third-order valence-electron chi connectivity index (χ3n) is 3.79. The molecule has 0 fully saturated rings. The lowest BCUT2D eigenvalue weighted by atomic mass is 10.1. The van der Waals surface area contributed by atoms with Gasteiger partial charge in [0, 0.05) is 12.6 Å². The number of carbonyl (C=O) groups is 1. The van der Waals surface area contributed by atoms with Gasteiger partial charge in [0.05, 0.1) is 15.1 Å². The van der Waals surface area contributed by atoms with Crippen molar-refractivity contribution in [1.82, 2.24) is 4.57 Å². The quantitative estimate of drug-likeness (QED) is 0.390. The van der Waals surface area contributed by atoms with Crippen LogP contribution in [0.5, 0.6) is 0 Å². The summed E-state index contributed by atoms with van der Waals surface area (Å²) in [6.45, 7) is 8.37. The van der Waals surface area contributed by atoms with E-state index in [0.717, 1.165) is 27.1 Å². The van der Waals surface area contributed by atoms with Crippen LogP contribution in [0.25, 0.3) is 10.2 Å². The number of carbonyl (C=O) groups excluding carboxylic acids is 1. The van der Waals surface area contributed by atoms with E-state index in [1.165, 1.54) is 29.0 Å². The monoisotopic (exact) mass is 373 g/mol. The SMILES string of the molecule is C=CCn1c(=NC(=O)c2ccc([N+](=O)[O-])s2)sc2cc(C)c(C)cc21. The lowest BCUT2D eigenvalue weighted by Gasteiger charge is -2.03. The van der Waals surface area contributed by atoms with E-state index in [9.17, 15) is 14.9 Å². The molecule has 0 N–H and O–H groups in total. The van der Waals surface area contributed by atoms with Gasteiger partial charge in [-0.15, -0.1) is 6.58 Å². The van der Waals surface area contributed by atoms with Gasteiger partial charge in [-0.1, -0.05) is 28.7 Å². The Bertz CT molecular complexity index is 1070. The van der Waals surface area contributed by atoms with Gasteiger partial charge in [0.2, 0.25) is 0 Å².